The third kappa shape index (κ3) is 2.67. The molecule has 5 heteroatoms. The lowest BCUT2D eigenvalue weighted by Gasteiger charge is -2.36. The SMILES string of the molecule is CCNC(c1c(OC)cnn1C)C(C)(CC)OC. The van der Waals surface area contributed by atoms with Gasteiger partial charge < -0.3 is 14.8 Å². The highest BCUT2D eigenvalue weighted by Gasteiger charge is 2.37. The van der Waals surface area contributed by atoms with Crippen LogP contribution < -0.4 is 10.1 Å². The highest BCUT2D eigenvalue weighted by atomic mass is 16.5. The van der Waals surface area contributed by atoms with Crippen molar-refractivity contribution in [2.75, 3.05) is 20.8 Å². The number of hydrogen-bond donors (Lipinski definition) is 1. The van der Waals surface area contributed by atoms with Crippen LogP contribution in [0, 0.1) is 0 Å². The van der Waals surface area contributed by atoms with E-state index in [1.165, 1.54) is 0 Å². The van der Waals surface area contributed by atoms with Gasteiger partial charge in [-0.1, -0.05) is 13.8 Å². The molecule has 0 spiro atoms. The third-order valence-electron chi connectivity index (χ3n) is 3.63. The van der Waals surface area contributed by atoms with Gasteiger partial charge in [0.05, 0.1) is 30.6 Å². The van der Waals surface area contributed by atoms with E-state index in [1.807, 2.05) is 11.7 Å². The van der Waals surface area contributed by atoms with Crippen molar-refractivity contribution in [1.82, 2.24) is 15.1 Å². The second-order valence-corrected chi connectivity index (χ2v) is 4.58. The number of rotatable bonds is 7. The smallest absolute Gasteiger partial charge is 0.161 e. The van der Waals surface area contributed by atoms with Crippen LogP contribution >= 0.6 is 0 Å². The zero-order valence-electron chi connectivity index (χ0n) is 12.3. The average molecular weight is 255 g/mol. The molecule has 5 nitrogen and oxygen atoms in total. The molecule has 1 rings (SSSR count). The van der Waals surface area contributed by atoms with Crippen LogP contribution in [-0.2, 0) is 11.8 Å². The first-order chi connectivity index (χ1) is 8.53. The minimum atomic E-state index is -0.295. The maximum atomic E-state index is 5.72. The van der Waals surface area contributed by atoms with Crippen LogP contribution in [0.15, 0.2) is 6.20 Å². The van der Waals surface area contributed by atoms with Gasteiger partial charge in [-0.15, -0.1) is 0 Å². The largest absolute Gasteiger partial charge is 0.493 e. The number of aryl methyl sites for hydroxylation is 1. The second-order valence-electron chi connectivity index (χ2n) is 4.58. The van der Waals surface area contributed by atoms with Crippen LogP contribution in [0.1, 0.15) is 38.9 Å². The molecule has 1 heterocycles. The normalized spacial score (nSPS) is 16.3. The van der Waals surface area contributed by atoms with E-state index in [2.05, 4.69) is 31.2 Å². The van der Waals surface area contributed by atoms with Crippen LogP contribution in [0.25, 0.3) is 0 Å². The summed E-state index contributed by atoms with van der Waals surface area (Å²) in [5.41, 5.74) is 0.724. The fourth-order valence-electron chi connectivity index (χ4n) is 2.19. The predicted octanol–water partition coefficient (Wildman–Crippen LogP) is 1.89. The highest BCUT2D eigenvalue weighted by Crippen LogP contribution is 2.35. The summed E-state index contributed by atoms with van der Waals surface area (Å²) in [4.78, 5) is 0. The Bertz CT molecular complexity index is 372. The summed E-state index contributed by atoms with van der Waals surface area (Å²) in [6, 6.07) is 0.0416. The number of hydrogen-bond acceptors (Lipinski definition) is 4. The molecular formula is C13H25N3O2. The Morgan fingerprint density at radius 3 is 2.56 bits per heavy atom. The number of likely N-dealkylation sites (N-methyl/N-ethyl adjacent to an activating group) is 1. The fraction of sp³-hybridized carbons (Fsp3) is 0.769. The van der Waals surface area contributed by atoms with E-state index in [1.54, 1.807) is 20.4 Å². The molecule has 0 aliphatic carbocycles. The predicted molar refractivity (Wildman–Crippen MR) is 71.9 cm³/mol. The van der Waals surface area contributed by atoms with Crippen molar-refractivity contribution in [3.63, 3.8) is 0 Å². The third-order valence-corrected chi connectivity index (χ3v) is 3.63. The molecule has 0 saturated heterocycles. The van der Waals surface area contributed by atoms with E-state index in [4.69, 9.17) is 9.47 Å². The zero-order valence-corrected chi connectivity index (χ0v) is 12.3. The van der Waals surface area contributed by atoms with Crippen molar-refractivity contribution in [1.29, 1.82) is 0 Å². The van der Waals surface area contributed by atoms with E-state index in [0.717, 1.165) is 24.4 Å². The molecule has 0 aromatic carbocycles. The molecule has 0 amide bonds. The minimum absolute atomic E-state index is 0.0416. The topological polar surface area (TPSA) is 48.3 Å². The van der Waals surface area contributed by atoms with Crippen LogP contribution in [0.5, 0.6) is 5.75 Å². The molecule has 1 N–H and O–H groups in total. The lowest BCUT2D eigenvalue weighted by Crippen LogP contribution is -2.43. The second kappa shape index (κ2) is 6.20. The van der Waals surface area contributed by atoms with Gasteiger partial charge in [0, 0.05) is 14.2 Å². The van der Waals surface area contributed by atoms with Gasteiger partial charge in [-0.2, -0.15) is 5.10 Å². The fourth-order valence-corrected chi connectivity index (χ4v) is 2.19. The Balaban J connectivity index is 3.22. The van der Waals surface area contributed by atoms with E-state index in [0.29, 0.717) is 0 Å². The maximum absolute atomic E-state index is 5.72. The first kappa shape index (κ1) is 15.0. The van der Waals surface area contributed by atoms with Gasteiger partial charge in [0.25, 0.3) is 0 Å². The van der Waals surface area contributed by atoms with Gasteiger partial charge in [-0.25, -0.2) is 0 Å². The molecule has 0 radical (unpaired) electrons. The Morgan fingerprint density at radius 2 is 2.11 bits per heavy atom. The Hall–Kier alpha value is -1.07. The maximum Gasteiger partial charge on any atom is 0.161 e. The zero-order chi connectivity index (χ0) is 13.8. The van der Waals surface area contributed by atoms with Crippen LogP contribution in [0.3, 0.4) is 0 Å². The van der Waals surface area contributed by atoms with E-state index in [-0.39, 0.29) is 11.6 Å². The van der Waals surface area contributed by atoms with Crippen molar-refractivity contribution in [3.8, 4) is 5.75 Å². The number of nitrogens with zero attached hydrogens (tertiary/aromatic N) is 2. The molecule has 2 atom stereocenters. The lowest BCUT2D eigenvalue weighted by molar-refractivity contribution is -0.0321. The van der Waals surface area contributed by atoms with Crippen molar-refractivity contribution < 1.29 is 9.47 Å². The molecule has 1 aromatic heterocycles. The molecule has 104 valence electrons. The number of methoxy groups -OCH3 is 2. The van der Waals surface area contributed by atoms with Crippen molar-refractivity contribution in [2.24, 2.45) is 7.05 Å². The monoisotopic (exact) mass is 255 g/mol. The molecule has 0 aliphatic rings. The van der Waals surface area contributed by atoms with E-state index in [9.17, 15) is 0 Å². The summed E-state index contributed by atoms with van der Waals surface area (Å²) in [6.07, 6.45) is 2.64. The standard InChI is InChI=1S/C13H25N3O2/c1-7-13(3,18-6)12(14-8-2)11-10(17-5)9-15-16(11)4/h9,12,14H,7-8H2,1-6H3. The van der Waals surface area contributed by atoms with Gasteiger partial charge in [-0.05, 0) is 19.9 Å². The number of nitrogens with one attached hydrogen (secondary N) is 1. The first-order valence-electron chi connectivity index (χ1n) is 6.38. The average Bonchev–Trinajstić information content (AvgIpc) is 2.76. The summed E-state index contributed by atoms with van der Waals surface area (Å²) >= 11 is 0. The van der Waals surface area contributed by atoms with Gasteiger partial charge in [0.1, 0.15) is 0 Å². The summed E-state index contributed by atoms with van der Waals surface area (Å²) in [6.45, 7) is 7.17. The van der Waals surface area contributed by atoms with E-state index >= 15 is 0 Å². The molecule has 0 saturated carbocycles. The van der Waals surface area contributed by atoms with E-state index < -0.39 is 0 Å². The molecule has 0 fully saturated rings. The molecule has 18 heavy (non-hydrogen) atoms. The van der Waals surface area contributed by atoms with Gasteiger partial charge in [0.2, 0.25) is 0 Å². The van der Waals surface area contributed by atoms with Crippen LogP contribution in [-0.4, -0.2) is 36.1 Å². The van der Waals surface area contributed by atoms with Crippen molar-refractivity contribution in [2.45, 2.75) is 38.8 Å². The van der Waals surface area contributed by atoms with Crippen molar-refractivity contribution in [3.05, 3.63) is 11.9 Å². The summed E-state index contributed by atoms with van der Waals surface area (Å²) in [7, 11) is 5.34. The van der Waals surface area contributed by atoms with Crippen LogP contribution in [0.2, 0.25) is 0 Å². The minimum Gasteiger partial charge on any atom is -0.493 e. The van der Waals surface area contributed by atoms with Gasteiger partial charge in [0.15, 0.2) is 5.75 Å². The molecule has 0 aliphatic heterocycles. The Kier molecular flexibility index (Phi) is 5.16. The van der Waals surface area contributed by atoms with Crippen LogP contribution in [0.4, 0.5) is 0 Å². The Morgan fingerprint density at radius 1 is 1.44 bits per heavy atom. The Labute approximate surface area is 109 Å². The first-order valence-corrected chi connectivity index (χ1v) is 6.38. The highest BCUT2D eigenvalue weighted by molar-refractivity contribution is 5.30. The number of aromatic nitrogens is 2. The molecule has 0 bridgehead atoms. The molecule has 1 aromatic rings. The molecule has 2 unspecified atom stereocenters. The van der Waals surface area contributed by atoms with Gasteiger partial charge >= 0.3 is 0 Å². The summed E-state index contributed by atoms with van der Waals surface area (Å²) < 4.78 is 13.0. The lowest BCUT2D eigenvalue weighted by atomic mass is 9.90. The van der Waals surface area contributed by atoms with Gasteiger partial charge in [-0.3, -0.25) is 4.68 Å². The summed E-state index contributed by atoms with van der Waals surface area (Å²) in [5.74, 6) is 0.792. The number of ether oxygens (including phenoxy) is 2. The quantitative estimate of drug-likeness (QED) is 0.808. The molecular weight excluding hydrogens is 230 g/mol. The summed E-state index contributed by atoms with van der Waals surface area (Å²) in [5, 5.41) is 7.75. The van der Waals surface area contributed by atoms with Crippen molar-refractivity contribution >= 4 is 0 Å².